The lowest BCUT2D eigenvalue weighted by atomic mass is 9.78. The number of sulfone groups is 1. The minimum atomic E-state index is -2.84. The largest absolute Gasteiger partial charge is 0.375 e. The molecule has 3 atom stereocenters. The zero-order valence-corrected chi connectivity index (χ0v) is 17.8. The highest BCUT2D eigenvalue weighted by Crippen LogP contribution is 2.38. The fourth-order valence-corrected chi connectivity index (χ4v) is 6.44. The zero-order chi connectivity index (χ0) is 19.3. The van der Waals surface area contributed by atoms with E-state index in [1.165, 1.54) is 32.1 Å². The summed E-state index contributed by atoms with van der Waals surface area (Å²) in [6, 6.07) is 0.714. The Kier molecular flexibility index (Phi) is 7.06. The van der Waals surface area contributed by atoms with E-state index in [0.29, 0.717) is 24.4 Å². The Morgan fingerprint density at radius 2 is 2.04 bits per heavy atom. The molecule has 156 valence electrons. The van der Waals surface area contributed by atoms with Crippen LogP contribution in [0.1, 0.15) is 71.6 Å². The van der Waals surface area contributed by atoms with Crippen LogP contribution in [-0.4, -0.2) is 56.7 Å². The minimum Gasteiger partial charge on any atom is -0.375 e. The van der Waals surface area contributed by atoms with Crippen molar-refractivity contribution in [3.8, 4) is 0 Å². The van der Waals surface area contributed by atoms with Gasteiger partial charge in [-0.25, -0.2) is 8.42 Å². The first kappa shape index (κ1) is 20.9. The molecule has 2 saturated heterocycles. The smallest absolute Gasteiger partial charge is 0.191 e. The number of rotatable bonds is 5. The van der Waals surface area contributed by atoms with Crippen LogP contribution in [0.25, 0.3) is 0 Å². The van der Waals surface area contributed by atoms with Gasteiger partial charge in [0.2, 0.25) is 0 Å². The van der Waals surface area contributed by atoms with Crippen LogP contribution in [0.15, 0.2) is 4.99 Å². The average molecular weight is 400 g/mol. The predicted molar refractivity (Wildman–Crippen MR) is 110 cm³/mol. The van der Waals surface area contributed by atoms with Gasteiger partial charge < -0.3 is 15.4 Å². The molecule has 2 heterocycles. The van der Waals surface area contributed by atoms with Gasteiger partial charge in [-0.1, -0.05) is 26.2 Å². The normalized spacial score (nSPS) is 31.6. The first-order chi connectivity index (χ1) is 12.9. The summed E-state index contributed by atoms with van der Waals surface area (Å²) in [6.07, 6.45) is 10.0. The molecule has 0 aromatic rings. The van der Waals surface area contributed by atoms with Crippen LogP contribution >= 0.6 is 0 Å². The Morgan fingerprint density at radius 1 is 1.26 bits per heavy atom. The summed E-state index contributed by atoms with van der Waals surface area (Å²) in [6.45, 7) is 5.71. The van der Waals surface area contributed by atoms with Crippen LogP contribution < -0.4 is 10.6 Å². The summed E-state index contributed by atoms with van der Waals surface area (Å²) in [4.78, 5) is 4.78. The van der Waals surface area contributed by atoms with Crippen LogP contribution in [0.3, 0.4) is 0 Å². The maximum absolute atomic E-state index is 11.7. The van der Waals surface area contributed by atoms with Gasteiger partial charge in [-0.05, 0) is 51.4 Å². The van der Waals surface area contributed by atoms with Gasteiger partial charge in [-0.15, -0.1) is 0 Å². The number of hydrogen-bond acceptors (Lipinski definition) is 4. The van der Waals surface area contributed by atoms with Gasteiger partial charge in [0.05, 0.1) is 17.1 Å². The van der Waals surface area contributed by atoms with Crippen molar-refractivity contribution in [3.05, 3.63) is 0 Å². The second-order valence-corrected chi connectivity index (χ2v) is 11.1. The Morgan fingerprint density at radius 3 is 2.70 bits per heavy atom. The number of ether oxygens (including phenoxy) is 1. The van der Waals surface area contributed by atoms with Crippen molar-refractivity contribution in [2.24, 2.45) is 10.9 Å². The van der Waals surface area contributed by atoms with E-state index in [0.717, 1.165) is 38.2 Å². The monoisotopic (exact) mass is 399 g/mol. The second kappa shape index (κ2) is 9.12. The van der Waals surface area contributed by atoms with Crippen LogP contribution in [0, 0.1) is 5.92 Å². The first-order valence-electron chi connectivity index (χ1n) is 10.8. The molecule has 1 aliphatic carbocycles. The summed E-state index contributed by atoms with van der Waals surface area (Å²) >= 11 is 0. The average Bonchev–Trinajstić information content (AvgIpc) is 2.99. The molecule has 0 radical (unpaired) electrons. The van der Waals surface area contributed by atoms with Crippen molar-refractivity contribution in [3.63, 3.8) is 0 Å². The lowest BCUT2D eigenvalue weighted by Gasteiger charge is -2.44. The van der Waals surface area contributed by atoms with Crippen LogP contribution in [0.5, 0.6) is 0 Å². The Balaban J connectivity index is 1.61. The predicted octanol–water partition coefficient (Wildman–Crippen LogP) is 2.64. The van der Waals surface area contributed by atoms with Gasteiger partial charge >= 0.3 is 0 Å². The number of nitrogens with zero attached hydrogens (tertiary/aromatic N) is 1. The molecule has 0 aromatic heterocycles. The van der Waals surface area contributed by atoms with Crippen LogP contribution in [0.4, 0.5) is 0 Å². The zero-order valence-electron chi connectivity index (χ0n) is 17.0. The molecule has 27 heavy (non-hydrogen) atoms. The molecule has 2 N–H and O–H groups in total. The second-order valence-electron chi connectivity index (χ2n) is 8.84. The summed E-state index contributed by atoms with van der Waals surface area (Å²) < 4.78 is 29.6. The van der Waals surface area contributed by atoms with E-state index < -0.39 is 9.84 Å². The standard InChI is InChI=1S/C20H37N3O3S/c1-3-16(2)22-19(21-14-17-8-12-27(24,25)15-17)23-18-7-11-26-20(13-18)9-5-4-6-10-20/h16-18H,3-15H2,1-2H3,(H2,21,22,23). The summed E-state index contributed by atoms with van der Waals surface area (Å²) in [5.74, 6) is 1.60. The molecule has 3 rings (SSSR count). The van der Waals surface area contributed by atoms with Gasteiger partial charge in [0.25, 0.3) is 0 Å². The molecule has 6 nitrogen and oxygen atoms in total. The molecule has 3 fully saturated rings. The van der Waals surface area contributed by atoms with Gasteiger partial charge in [0.15, 0.2) is 15.8 Å². The first-order valence-corrected chi connectivity index (χ1v) is 12.6. The Labute approximate surface area is 164 Å². The van der Waals surface area contributed by atoms with Crippen molar-refractivity contribution in [2.45, 2.75) is 89.3 Å². The minimum absolute atomic E-state index is 0.0647. The molecule has 0 aromatic carbocycles. The third-order valence-corrected chi connectivity index (χ3v) is 8.27. The van der Waals surface area contributed by atoms with Crippen molar-refractivity contribution in [1.29, 1.82) is 0 Å². The van der Waals surface area contributed by atoms with E-state index in [4.69, 9.17) is 9.73 Å². The molecule has 3 aliphatic rings. The van der Waals surface area contributed by atoms with E-state index in [9.17, 15) is 8.42 Å². The molecule has 2 aliphatic heterocycles. The van der Waals surface area contributed by atoms with Crippen molar-refractivity contribution < 1.29 is 13.2 Å². The molecule has 0 amide bonds. The van der Waals surface area contributed by atoms with E-state index in [-0.39, 0.29) is 17.3 Å². The fraction of sp³-hybridized carbons (Fsp3) is 0.950. The van der Waals surface area contributed by atoms with E-state index in [2.05, 4.69) is 24.5 Å². The van der Waals surface area contributed by atoms with Gasteiger partial charge in [-0.2, -0.15) is 0 Å². The lowest BCUT2D eigenvalue weighted by Crippen LogP contribution is -2.53. The summed E-state index contributed by atoms with van der Waals surface area (Å²) in [7, 11) is -2.84. The maximum Gasteiger partial charge on any atom is 0.191 e. The van der Waals surface area contributed by atoms with E-state index in [1.807, 2.05) is 0 Å². The third-order valence-electron chi connectivity index (χ3n) is 6.43. The van der Waals surface area contributed by atoms with Crippen LogP contribution in [0.2, 0.25) is 0 Å². The summed E-state index contributed by atoms with van der Waals surface area (Å²) in [5, 5.41) is 7.15. The Bertz CT molecular complexity index is 608. The SMILES string of the molecule is CCC(C)NC(=NCC1CCS(=O)(=O)C1)NC1CCOC2(CCCCC2)C1. The number of hydrogen-bond donors (Lipinski definition) is 2. The van der Waals surface area contributed by atoms with Crippen molar-refractivity contribution in [1.82, 2.24) is 10.6 Å². The topological polar surface area (TPSA) is 79.8 Å². The molecule has 1 spiro atoms. The summed E-state index contributed by atoms with van der Waals surface area (Å²) in [5.41, 5.74) is 0.0647. The molecular formula is C20H37N3O3S. The molecule has 0 bridgehead atoms. The maximum atomic E-state index is 11.7. The van der Waals surface area contributed by atoms with Gasteiger partial charge in [0.1, 0.15) is 0 Å². The quantitative estimate of drug-likeness (QED) is 0.549. The van der Waals surface area contributed by atoms with Crippen molar-refractivity contribution in [2.75, 3.05) is 24.7 Å². The molecule has 7 heteroatoms. The third kappa shape index (κ3) is 6.08. The molecule has 1 saturated carbocycles. The van der Waals surface area contributed by atoms with E-state index in [1.54, 1.807) is 0 Å². The Hall–Kier alpha value is -0.820. The molecular weight excluding hydrogens is 362 g/mol. The lowest BCUT2D eigenvalue weighted by molar-refractivity contribution is -0.107. The van der Waals surface area contributed by atoms with Gasteiger partial charge in [-0.3, -0.25) is 4.99 Å². The number of nitrogens with one attached hydrogen (secondary N) is 2. The van der Waals surface area contributed by atoms with E-state index >= 15 is 0 Å². The number of guanidine groups is 1. The highest BCUT2D eigenvalue weighted by atomic mass is 32.2. The van der Waals surface area contributed by atoms with Crippen molar-refractivity contribution >= 4 is 15.8 Å². The van der Waals surface area contributed by atoms with Crippen LogP contribution in [-0.2, 0) is 14.6 Å². The highest BCUT2D eigenvalue weighted by Gasteiger charge is 2.38. The fourth-order valence-electron chi connectivity index (χ4n) is 4.59. The highest BCUT2D eigenvalue weighted by molar-refractivity contribution is 7.91. The number of aliphatic imine (C=N–C) groups is 1. The molecule has 3 unspecified atom stereocenters. The van der Waals surface area contributed by atoms with Gasteiger partial charge in [0, 0.05) is 25.2 Å².